The lowest BCUT2D eigenvalue weighted by atomic mass is 10.2. The topological polar surface area (TPSA) is 87.3 Å². The quantitative estimate of drug-likeness (QED) is 0.542. The highest BCUT2D eigenvalue weighted by atomic mass is 35.5. The zero-order valence-corrected chi connectivity index (χ0v) is 14.2. The Bertz CT molecular complexity index is 702. The van der Waals surface area contributed by atoms with E-state index < -0.39 is 5.91 Å². The highest BCUT2D eigenvalue weighted by Crippen LogP contribution is 2.09. The molecule has 0 fully saturated rings. The van der Waals surface area contributed by atoms with Crippen molar-refractivity contribution in [2.75, 3.05) is 6.54 Å². The van der Waals surface area contributed by atoms with Gasteiger partial charge in [0.1, 0.15) is 0 Å². The van der Waals surface area contributed by atoms with Crippen molar-refractivity contribution in [3.63, 3.8) is 0 Å². The van der Waals surface area contributed by atoms with Crippen molar-refractivity contribution in [3.05, 3.63) is 57.2 Å². The number of carbonyl (C=O) groups excluding carboxylic acids is 3. The van der Waals surface area contributed by atoms with Gasteiger partial charge in [-0.2, -0.15) is 11.3 Å². The van der Waals surface area contributed by atoms with E-state index in [1.54, 1.807) is 35.7 Å². The van der Waals surface area contributed by atoms with E-state index in [9.17, 15) is 14.4 Å². The SMILES string of the molecule is O=C(CCCNC(=O)c1ccsc1)NNC(=O)c1ccc(Cl)cc1. The summed E-state index contributed by atoms with van der Waals surface area (Å²) < 4.78 is 0. The molecule has 0 saturated carbocycles. The lowest BCUT2D eigenvalue weighted by Crippen LogP contribution is -2.41. The maximum Gasteiger partial charge on any atom is 0.269 e. The number of amides is 3. The first-order chi connectivity index (χ1) is 11.6. The number of hydrogen-bond acceptors (Lipinski definition) is 4. The van der Waals surface area contributed by atoms with Crippen LogP contribution >= 0.6 is 22.9 Å². The summed E-state index contributed by atoms with van der Waals surface area (Å²) in [5.74, 6) is -0.916. The van der Waals surface area contributed by atoms with E-state index >= 15 is 0 Å². The first-order valence-electron chi connectivity index (χ1n) is 7.21. The summed E-state index contributed by atoms with van der Waals surface area (Å²) in [6, 6.07) is 8.04. The molecule has 0 spiro atoms. The Morgan fingerprint density at radius 2 is 1.71 bits per heavy atom. The molecule has 24 heavy (non-hydrogen) atoms. The van der Waals surface area contributed by atoms with Crippen LogP contribution in [0.15, 0.2) is 41.1 Å². The summed E-state index contributed by atoms with van der Waals surface area (Å²) in [5, 5.41) is 6.84. The number of rotatable bonds is 6. The first-order valence-corrected chi connectivity index (χ1v) is 8.53. The smallest absolute Gasteiger partial charge is 0.269 e. The predicted octanol–water partition coefficient (Wildman–Crippen LogP) is 2.37. The third kappa shape index (κ3) is 5.68. The number of nitrogens with one attached hydrogen (secondary N) is 3. The zero-order valence-electron chi connectivity index (χ0n) is 12.7. The Balaban J connectivity index is 1.62. The largest absolute Gasteiger partial charge is 0.352 e. The van der Waals surface area contributed by atoms with Gasteiger partial charge in [-0.1, -0.05) is 11.6 Å². The number of thiophene rings is 1. The number of carbonyl (C=O) groups is 3. The second-order valence-corrected chi connectivity index (χ2v) is 6.10. The van der Waals surface area contributed by atoms with Crippen molar-refractivity contribution in [1.29, 1.82) is 0 Å². The maximum absolute atomic E-state index is 11.8. The molecule has 0 bridgehead atoms. The van der Waals surface area contributed by atoms with Crippen molar-refractivity contribution in [1.82, 2.24) is 16.2 Å². The van der Waals surface area contributed by atoms with Crippen LogP contribution in [0.1, 0.15) is 33.6 Å². The van der Waals surface area contributed by atoms with E-state index in [1.807, 2.05) is 5.38 Å². The van der Waals surface area contributed by atoms with Gasteiger partial charge in [-0.15, -0.1) is 0 Å². The van der Waals surface area contributed by atoms with Crippen LogP contribution in [0.3, 0.4) is 0 Å². The van der Waals surface area contributed by atoms with Crippen LogP contribution in [-0.4, -0.2) is 24.3 Å². The minimum absolute atomic E-state index is 0.160. The average Bonchev–Trinajstić information content (AvgIpc) is 3.11. The summed E-state index contributed by atoms with van der Waals surface area (Å²) in [4.78, 5) is 35.1. The zero-order chi connectivity index (χ0) is 17.4. The highest BCUT2D eigenvalue weighted by Gasteiger charge is 2.08. The number of hydrogen-bond donors (Lipinski definition) is 3. The Morgan fingerprint density at radius 1 is 0.958 bits per heavy atom. The van der Waals surface area contributed by atoms with E-state index in [0.29, 0.717) is 29.1 Å². The summed E-state index contributed by atoms with van der Waals surface area (Å²) in [7, 11) is 0. The molecule has 0 aliphatic heterocycles. The van der Waals surface area contributed by atoms with Gasteiger partial charge in [0.2, 0.25) is 5.91 Å². The monoisotopic (exact) mass is 365 g/mol. The minimum atomic E-state index is -0.425. The molecule has 0 unspecified atom stereocenters. The van der Waals surface area contributed by atoms with E-state index in [2.05, 4.69) is 16.2 Å². The van der Waals surface area contributed by atoms with Crippen LogP contribution in [0.4, 0.5) is 0 Å². The summed E-state index contributed by atoms with van der Waals surface area (Å²) in [6.07, 6.45) is 0.656. The van der Waals surface area contributed by atoms with E-state index in [1.165, 1.54) is 11.3 Å². The molecule has 8 heteroatoms. The van der Waals surface area contributed by atoms with Crippen molar-refractivity contribution >= 4 is 40.7 Å². The molecule has 0 radical (unpaired) electrons. The molecule has 1 aromatic carbocycles. The molecular weight excluding hydrogens is 350 g/mol. The van der Waals surface area contributed by atoms with Crippen LogP contribution in [0.2, 0.25) is 5.02 Å². The van der Waals surface area contributed by atoms with Crippen LogP contribution in [0.25, 0.3) is 0 Å². The fourth-order valence-corrected chi connectivity index (χ4v) is 2.57. The number of benzene rings is 1. The molecule has 2 aromatic rings. The van der Waals surface area contributed by atoms with Gasteiger partial charge in [-0.3, -0.25) is 25.2 Å². The fourth-order valence-electron chi connectivity index (χ4n) is 1.81. The maximum atomic E-state index is 11.8. The standard InChI is InChI=1S/C16H16ClN3O3S/c17-13-5-3-11(4-6-13)16(23)20-19-14(21)2-1-8-18-15(22)12-7-9-24-10-12/h3-7,9-10H,1-2,8H2,(H,18,22)(H,19,21)(H,20,23). The molecule has 0 aliphatic carbocycles. The third-order valence-electron chi connectivity index (χ3n) is 3.07. The van der Waals surface area contributed by atoms with Crippen molar-refractivity contribution in [2.45, 2.75) is 12.8 Å². The molecule has 1 heterocycles. The normalized spacial score (nSPS) is 10.0. The van der Waals surface area contributed by atoms with Gasteiger partial charge in [-0.05, 0) is 42.1 Å². The molecule has 1 aromatic heterocycles. The first kappa shape index (κ1) is 18.0. The fraction of sp³-hybridized carbons (Fsp3) is 0.188. The molecule has 6 nitrogen and oxygen atoms in total. The van der Waals surface area contributed by atoms with Crippen molar-refractivity contribution < 1.29 is 14.4 Å². The Hall–Kier alpha value is -2.38. The average molecular weight is 366 g/mol. The summed E-state index contributed by atoms with van der Waals surface area (Å²) in [5.41, 5.74) is 5.65. The molecule has 0 aliphatic rings. The van der Waals surface area contributed by atoms with Crippen LogP contribution in [-0.2, 0) is 4.79 Å². The Kier molecular flexibility index (Phi) is 6.77. The molecular formula is C16H16ClN3O3S. The van der Waals surface area contributed by atoms with Gasteiger partial charge in [0.25, 0.3) is 11.8 Å². The molecule has 3 amide bonds. The molecule has 3 N–H and O–H groups in total. The van der Waals surface area contributed by atoms with Gasteiger partial charge < -0.3 is 5.32 Å². The van der Waals surface area contributed by atoms with E-state index in [0.717, 1.165) is 0 Å². The summed E-state index contributed by atoms with van der Waals surface area (Å²) in [6.45, 7) is 0.382. The Morgan fingerprint density at radius 3 is 2.38 bits per heavy atom. The second kappa shape index (κ2) is 9.05. The van der Waals surface area contributed by atoms with Crippen molar-refractivity contribution in [3.8, 4) is 0 Å². The third-order valence-corrected chi connectivity index (χ3v) is 4.01. The van der Waals surface area contributed by atoms with Gasteiger partial charge in [0.05, 0.1) is 0 Å². The molecule has 2 rings (SSSR count). The van der Waals surface area contributed by atoms with E-state index in [4.69, 9.17) is 11.6 Å². The number of halogens is 1. The van der Waals surface area contributed by atoms with Crippen molar-refractivity contribution in [2.24, 2.45) is 0 Å². The van der Waals surface area contributed by atoms with Gasteiger partial charge in [-0.25, -0.2) is 0 Å². The Labute approximate surface area is 148 Å². The van der Waals surface area contributed by atoms with Crippen LogP contribution in [0.5, 0.6) is 0 Å². The van der Waals surface area contributed by atoms with Gasteiger partial charge in [0, 0.05) is 34.5 Å². The second-order valence-electron chi connectivity index (χ2n) is 4.88. The molecule has 0 atom stereocenters. The van der Waals surface area contributed by atoms with Crippen LogP contribution < -0.4 is 16.2 Å². The minimum Gasteiger partial charge on any atom is -0.352 e. The summed E-state index contributed by atoms with van der Waals surface area (Å²) >= 11 is 7.19. The predicted molar refractivity (Wildman–Crippen MR) is 92.9 cm³/mol. The van der Waals surface area contributed by atoms with Gasteiger partial charge >= 0.3 is 0 Å². The highest BCUT2D eigenvalue weighted by molar-refractivity contribution is 7.08. The van der Waals surface area contributed by atoms with E-state index in [-0.39, 0.29) is 18.2 Å². The van der Waals surface area contributed by atoms with Crippen LogP contribution in [0, 0.1) is 0 Å². The molecule has 126 valence electrons. The van der Waals surface area contributed by atoms with Gasteiger partial charge in [0.15, 0.2) is 0 Å². The number of hydrazine groups is 1. The lowest BCUT2D eigenvalue weighted by molar-refractivity contribution is -0.121. The lowest BCUT2D eigenvalue weighted by Gasteiger charge is -2.08. The molecule has 0 saturated heterocycles.